The maximum Gasteiger partial charge on any atom is 0.224 e. The number of carbonyl (C=O) groups is 1. The summed E-state index contributed by atoms with van der Waals surface area (Å²) in [6.45, 7) is 1.97. The first-order valence-corrected chi connectivity index (χ1v) is 8.55. The summed E-state index contributed by atoms with van der Waals surface area (Å²) >= 11 is 1.61. The van der Waals surface area contributed by atoms with E-state index in [2.05, 4.69) is 10.3 Å². The molecule has 1 heterocycles. The summed E-state index contributed by atoms with van der Waals surface area (Å²) in [6, 6.07) is 14.1. The average Bonchev–Trinajstić information content (AvgIpc) is 3.01. The molecule has 5 heteroatoms. The first kappa shape index (κ1) is 16.3. The van der Waals surface area contributed by atoms with Crippen LogP contribution in [-0.4, -0.2) is 10.9 Å². The van der Waals surface area contributed by atoms with E-state index in [1.165, 1.54) is 6.07 Å². The van der Waals surface area contributed by atoms with E-state index >= 15 is 0 Å². The van der Waals surface area contributed by atoms with Crippen LogP contribution in [0.3, 0.4) is 0 Å². The number of benzene rings is 2. The second-order valence-corrected chi connectivity index (χ2v) is 6.53. The van der Waals surface area contributed by atoms with Crippen molar-refractivity contribution in [2.75, 3.05) is 5.32 Å². The average molecular weight is 340 g/mol. The van der Waals surface area contributed by atoms with Gasteiger partial charge in [-0.1, -0.05) is 30.3 Å². The molecular weight excluding hydrogens is 323 g/mol. The van der Waals surface area contributed by atoms with Crippen molar-refractivity contribution in [1.82, 2.24) is 4.98 Å². The summed E-state index contributed by atoms with van der Waals surface area (Å²) in [4.78, 5) is 16.4. The Hall–Kier alpha value is -2.53. The van der Waals surface area contributed by atoms with Gasteiger partial charge in [0.2, 0.25) is 5.91 Å². The Bertz CT molecular complexity index is 843. The Morgan fingerprint density at radius 3 is 2.58 bits per heavy atom. The normalized spacial score (nSPS) is 10.6. The highest BCUT2D eigenvalue weighted by atomic mass is 32.1. The van der Waals surface area contributed by atoms with Crippen LogP contribution in [0.25, 0.3) is 11.3 Å². The molecule has 24 heavy (non-hydrogen) atoms. The number of nitrogens with zero attached hydrogens (tertiary/aromatic N) is 1. The fraction of sp³-hybridized carbons (Fsp3) is 0.158. The van der Waals surface area contributed by atoms with Crippen LogP contribution < -0.4 is 5.32 Å². The Kier molecular flexibility index (Phi) is 5.01. The Morgan fingerprint density at radius 1 is 1.17 bits per heavy atom. The van der Waals surface area contributed by atoms with Gasteiger partial charge in [-0.2, -0.15) is 0 Å². The molecular formula is C19H17FN2OS. The summed E-state index contributed by atoms with van der Waals surface area (Å²) < 4.78 is 13.5. The van der Waals surface area contributed by atoms with Gasteiger partial charge in [0.15, 0.2) is 0 Å². The van der Waals surface area contributed by atoms with E-state index in [-0.39, 0.29) is 18.1 Å². The minimum atomic E-state index is -0.270. The zero-order chi connectivity index (χ0) is 16.9. The number of aromatic nitrogens is 1. The standard InChI is InChI=1S/C19H17FN2OS/c1-13-21-18(12-24-13)15-6-9-16(10-7-15)22-19(23)11-8-14-4-2-3-5-17(14)20/h2-7,9-10,12H,8,11H2,1H3,(H,22,23). The fourth-order valence-electron chi connectivity index (χ4n) is 2.39. The van der Waals surface area contributed by atoms with Crippen LogP contribution >= 0.6 is 11.3 Å². The molecule has 122 valence electrons. The number of carbonyl (C=O) groups excluding carboxylic acids is 1. The number of hydrogen-bond donors (Lipinski definition) is 1. The van der Waals surface area contributed by atoms with Gasteiger partial charge in [0.05, 0.1) is 10.7 Å². The SMILES string of the molecule is Cc1nc(-c2ccc(NC(=O)CCc3ccccc3F)cc2)cs1. The number of thiazole rings is 1. The molecule has 0 aliphatic carbocycles. The quantitative estimate of drug-likeness (QED) is 0.723. The summed E-state index contributed by atoms with van der Waals surface area (Å²) in [7, 11) is 0. The number of nitrogens with one attached hydrogen (secondary N) is 1. The molecule has 0 bridgehead atoms. The van der Waals surface area contributed by atoms with Gasteiger partial charge in [0, 0.05) is 23.1 Å². The second kappa shape index (κ2) is 7.36. The van der Waals surface area contributed by atoms with E-state index in [0.717, 1.165) is 22.0 Å². The van der Waals surface area contributed by atoms with Crippen molar-refractivity contribution in [3.8, 4) is 11.3 Å². The lowest BCUT2D eigenvalue weighted by Crippen LogP contribution is -2.12. The Balaban J connectivity index is 1.57. The molecule has 2 aromatic carbocycles. The van der Waals surface area contributed by atoms with Crippen LogP contribution in [0.15, 0.2) is 53.9 Å². The summed E-state index contributed by atoms with van der Waals surface area (Å²) in [5.41, 5.74) is 3.24. The van der Waals surface area contributed by atoms with Crippen LogP contribution in [0.1, 0.15) is 17.0 Å². The van der Waals surface area contributed by atoms with E-state index in [4.69, 9.17) is 0 Å². The molecule has 1 N–H and O–H groups in total. The lowest BCUT2D eigenvalue weighted by atomic mass is 10.1. The largest absolute Gasteiger partial charge is 0.326 e. The number of aryl methyl sites for hydroxylation is 2. The molecule has 0 saturated carbocycles. The smallest absolute Gasteiger partial charge is 0.224 e. The van der Waals surface area contributed by atoms with E-state index in [0.29, 0.717) is 12.0 Å². The molecule has 3 nitrogen and oxygen atoms in total. The highest BCUT2D eigenvalue weighted by Crippen LogP contribution is 2.23. The number of halogens is 1. The van der Waals surface area contributed by atoms with Gasteiger partial charge < -0.3 is 5.32 Å². The lowest BCUT2D eigenvalue weighted by molar-refractivity contribution is -0.116. The zero-order valence-corrected chi connectivity index (χ0v) is 14.1. The molecule has 1 aromatic heterocycles. The van der Waals surface area contributed by atoms with E-state index in [9.17, 15) is 9.18 Å². The molecule has 0 radical (unpaired) electrons. The predicted octanol–water partition coefficient (Wildman–Crippen LogP) is 4.83. The first-order chi connectivity index (χ1) is 11.6. The zero-order valence-electron chi connectivity index (χ0n) is 13.3. The van der Waals surface area contributed by atoms with Crippen LogP contribution in [-0.2, 0) is 11.2 Å². The first-order valence-electron chi connectivity index (χ1n) is 7.67. The van der Waals surface area contributed by atoms with Crippen molar-refractivity contribution < 1.29 is 9.18 Å². The van der Waals surface area contributed by atoms with Gasteiger partial charge in [-0.25, -0.2) is 9.37 Å². The molecule has 0 saturated heterocycles. The van der Waals surface area contributed by atoms with Gasteiger partial charge in [-0.15, -0.1) is 11.3 Å². The third kappa shape index (κ3) is 4.06. The van der Waals surface area contributed by atoms with Crippen molar-refractivity contribution in [3.63, 3.8) is 0 Å². The Morgan fingerprint density at radius 2 is 1.92 bits per heavy atom. The molecule has 0 atom stereocenters. The topological polar surface area (TPSA) is 42.0 Å². The van der Waals surface area contributed by atoms with Crippen molar-refractivity contribution in [2.45, 2.75) is 19.8 Å². The maximum absolute atomic E-state index is 13.5. The van der Waals surface area contributed by atoms with Crippen LogP contribution in [0.5, 0.6) is 0 Å². The third-order valence-electron chi connectivity index (χ3n) is 3.66. The molecule has 0 aliphatic heterocycles. The summed E-state index contributed by atoms with van der Waals surface area (Å²) in [5, 5.41) is 5.87. The Labute approximate surface area is 144 Å². The van der Waals surface area contributed by atoms with Crippen molar-refractivity contribution in [3.05, 3.63) is 70.3 Å². The van der Waals surface area contributed by atoms with Gasteiger partial charge in [-0.3, -0.25) is 4.79 Å². The summed E-state index contributed by atoms with van der Waals surface area (Å²) in [6.07, 6.45) is 0.628. The highest BCUT2D eigenvalue weighted by Gasteiger charge is 2.07. The number of hydrogen-bond acceptors (Lipinski definition) is 3. The third-order valence-corrected chi connectivity index (χ3v) is 4.44. The van der Waals surface area contributed by atoms with Crippen molar-refractivity contribution >= 4 is 22.9 Å². The lowest BCUT2D eigenvalue weighted by Gasteiger charge is -2.06. The van der Waals surface area contributed by atoms with Crippen molar-refractivity contribution in [2.24, 2.45) is 0 Å². The fourth-order valence-corrected chi connectivity index (χ4v) is 3.02. The molecule has 0 spiro atoms. The second-order valence-electron chi connectivity index (χ2n) is 5.47. The van der Waals surface area contributed by atoms with Crippen LogP contribution in [0.4, 0.5) is 10.1 Å². The molecule has 0 aliphatic rings. The molecule has 0 fully saturated rings. The van der Waals surface area contributed by atoms with Crippen molar-refractivity contribution in [1.29, 1.82) is 0 Å². The maximum atomic E-state index is 13.5. The predicted molar refractivity (Wildman–Crippen MR) is 95.6 cm³/mol. The van der Waals surface area contributed by atoms with Gasteiger partial charge in [0.1, 0.15) is 5.82 Å². The van der Waals surface area contributed by atoms with Gasteiger partial charge >= 0.3 is 0 Å². The van der Waals surface area contributed by atoms with E-state index in [1.807, 2.05) is 36.6 Å². The van der Waals surface area contributed by atoms with Gasteiger partial charge in [-0.05, 0) is 37.1 Å². The highest BCUT2D eigenvalue weighted by molar-refractivity contribution is 7.09. The number of rotatable bonds is 5. The molecule has 1 amide bonds. The number of anilines is 1. The molecule has 3 aromatic rings. The molecule has 3 rings (SSSR count). The monoisotopic (exact) mass is 340 g/mol. The van der Waals surface area contributed by atoms with Crippen LogP contribution in [0.2, 0.25) is 0 Å². The van der Waals surface area contributed by atoms with E-state index in [1.54, 1.807) is 29.5 Å². The minimum Gasteiger partial charge on any atom is -0.326 e. The number of amides is 1. The van der Waals surface area contributed by atoms with Crippen LogP contribution in [0, 0.1) is 12.7 Å². The summed E-state index contributed by atoms with van der Waals surface area (Å²) in [5.74, 6) is -0.399. The van der Waals surface area contributed by atoms with Gasteiger partial charge in [0.25, 0.3) is 0 Å². The molecule has 0 unspecified atom stereocenters. The minimum absolute atomic E-state index is 0.129. The van der Waals surface area contributed by atoms with E-state index < -0.39 is 0 Å².